The summed E-state index contributed by atoms with van der Waals surface area (Å²) >= 11 is 0. The molecule has 4 heteroatoms. The lowest BCUT2D eigenvalue weighted by molar-refractivity contribution is -0.131. The highest BCUT2D eigenvalue weighted by Gasteiger charge is 2.21. The number of methoxy groups -OCH3 is 1. The molecule has 0 atom stereocenters. The molecule has 76 valence electrons. The summed E-state index contributed by atoms with van der Waals surface area (Å²) in [5, 5.41) is 17.9. The van der Waals surface area contributed by atoms with Crippen molar-refractivity contribution in [2.75, 3.05) is 7.11 Å². The van der Waals surface area contributed by atoms with Gasteiger partial charge >= 0.3 is 5.97 Å². The number of carboxylic acids is 1. The van der Waals surface area contributed by atoms with Gasteiger partial charge in [0.25, 0.3) is 0 Å². The Hall–Kier alpha value is -1.39. The number of hydrogen-bond donors (Lipinski definition) is 2. The maximum Gasteiger partial charge on any atom is 0.328 e. The van der Waals surface area contributed by atoms with Crippen LogP contribution in [-0.4, -0.2) is 29.1 Å². The molecule has 0 spiro atoms. The van der Waals surface area contributed by atoms with Crippen molar-refractivity contribution in [3.63, 3.8) is 0 Å². The van der Waals surface area contributed by atoms with Crippen molar-refractivity contribution in [1.82, 2.24) is 0 Å². The molecule has 0 fully saturated rings. The molecule has 0 aromatic heterocycles. The number of carbonyl (C=O) groups is 1. The fraction of sp³-hybridized carbons (Fsp3) is 0.300. The van der Waals surface area contributed by atoms with Gasteiger partial charge in [0.2, 0.25) is 5.79 Å². The zero-order valence-corrected chi connectivity index (χ0v) is 7.75. The normalized spacial score (nSPS) is 31.1. The van der Waals surface area contributed by atoms with Gasteiger partial charge < -0.3 is 14.9 Å². The Morgan fingerprint density at radius 1 is 1.50 bits per heavy atom. The summed E-state index contributed by atoms with van der Waals surface area (Å²) in [5.74, 6) is -2.45. The van der Waals surface area contributed by atoms with E-state index in [1.807, 2.05) is 0 Å². The van der Waals surface area contributed by atoms with E-state index in [4.69, 9.17) is 9.84 Å². The molecule has 0 aromatic carbocycles. The minimum atomic E-state index is -1.35. The summed E-state index contributed by atoms with van der Waals surface area (Å²) in [6.07, 6.45) is 8.88. The van der Waals surface area contributed by atoms with E-state index in [0.29, 0.717) is 0 Å². The van der Waals surface area contributed by atoms with E-state index >= 15 is 0 Å². The molecule has 0 bridgehead atoms. The third-order valence-electron chi connectivity index (χ3n) is 1.90. The molecule has 14 heavy (non-hydrogen) atoms. The van der Waals surface area contributed by atoms with Crippen LogP contribution in [0, 0.1) is 5.92 Å². The largest absolute Gasteiger partial charge is 0.478 e. The Morgan fingerprint density at radius 2 is 2.07 bits per heavy atom. The summed E-state index contributed by atoms with van der Waals surface area (Å²) in [4.78, 5) is 10.2. The van der Waals surface area contributed by atoms with E-state index in [1.165, 1.54) is 25.3 Å². The van der Waals surface area contributed by atoms with E-state index in [-0.39, 0.29) is 5.92 Å². The lowest BCUT2D eigenvalue weighted by atomic mass is 9.99. The highest BCUT2D eigenvalue weighted by atomic mass is 16.6. The second kappa shape index (κ2) is 4.21. The first-order chi connectivity index (χ1) is 6.56. The molecule has 0 unspecified atom stereocenters. The van der Waals surface area contributed by atoms with Gasteiger partial charge in [0.05, 0.1) is 0 Å². The van der Waals surface area contributed by atoms with Crippen molar-refractivity contribution < 1.29 is 19.7 Å². The molecule has 4 nitrogen and oxygen atoms in total. The molecule has 0 saturated carbocycles. The first-order valence-corrected chi connectivity index (χ1v) is 4.13. The van der Waals surface area contributed by atoms with Crippen LogP contribution < -0.4 is 0 Å². The van der Waals surface area contributed by atoms with Crippen LogP contribution in [0.4, 0.5) is 0 Å². The average molecular weight is 196 g/mol. The van der Waals surface area contributed by atoms with E-state index in [0.717, 1.165) is 6.08 Å². The van der Waals surface area contributed by atoms with Crippen molar-refractivity contribution >= 4 is 5.97 Å². The second-order valence-corrected chi connectivity index (χ2v) is 2.95. The Bertz CT molecular complexity index is 287. The third-order valence-corrected chi connectivity index (χ3v) is 1.90. The number of aliphatic hydroxyl groups is 1. The van der Waals surface area contributed by atoms with E-state index in [9.17, 15) is 9.90 Å². The average Bonchev–Trinajstić information content (AvgIpc) is 2.17. The van der Waals surface area contributed by atoms with Crippen LogP contribution >= 0.6 is 0 Å². The molecular weight excluding hydrogens is 184 g/mol. The Labute approximate surface area is 81.8 Å². The van der Waals surface area contributed by atoms with E-state index in [2.05, 4.69) is 0 Å². The van der Waals surface area contributed by atoms with Gasteiger partial charge in [-0.05, 0) is 12.2 Å². The predicted octanol–water partition coefficient (Wildman–Crippen LogP) is 0.704. The van der Waals surface area contributed by atoms with Gasteiger partial charge in [-0.15, -0.1) is 0 Å². The highest BCUT2D eigenvalue weighted by molar-refractivity contribution is 5.79. The standard InChI is InChI=1S/C10H12O4/c1-14-10(13)6-4-8(5-7-10)2-3-9(11)12/h2-8,13H,1H3,(H,11,12)/b3-2+. The van der Waals surface area contributed by atoms with Gasteiger partial charge in [0, 0.05) is 19.1 Å². The van der Waals surface area contributed by atoms with Crippen LogP contribution in [0.2, 0.25) is 0 Å². The molecule has 0 aromatic rings. The van der Waals surface area contributed by atoms with Gasteiger partial charge in [-0.25, -0.2) is 4.79 Å². The van der Waals surface area contributed by atoms with Gasteiger partial charge in [0.15, 0.2) is 0 Å². The van der Waals surface area contributed by atoms with Crippen LogP contribution in [0.1, 0.15) is 0 Å². The second-order valence-electron chi connectivity index (χ2n) is 2.95. The summed E-state index contributed by atoms with van der Waals surface area (Å²) in [6, 6.07) is 0. The zero-order chi connectivity index (χ0) is 10.6. The van der Waals surface area contributed by atoms with Crippen molar-refractivity contribution in [3.05, 3.63) is 36.5 Å². The number of carboxylic acid groups (broad SMARTS) is 1. The van der Waals surface area contributed by atoms with E-state index in [1.54, 1.807) is 12.2 Å². The minimum Gasteiger partial charge on any atom is -0.478 e. The smallest absolute Gasteiger partial charge is 0.328 e. The Kier molecular flexibility index (Phi) is 3.22. The Balaban J connectivity index is 2.62. The summed E-state index contributed by atoms with van der Waals surface area (Å²) in [7, 11) is 1.39. The van der Waals surface area contributed by atoms with Gasteiger partial charge in [0.1, 0.15) is 0 Å². The zero-order valence-electron chi connectivity index (χ0n) is 7.75. The van der Waals surface area contributed by atoms with E-state index < -0.39 is 11.8 Å². The van der Waals surface area contributed by atoms with Crippen LogP contribution in [-0.2, 0) is 9.53 Å². The third kappa shape index (κ3) is 2.83. The molecule has 0 aliphatic heterocycles. The number of aliphatic carboxylic acids is 1. The van der Waals surface area contributed by atoms with Crippen molar-refractivity contribution in [1.29, 1.82) is 0 Å². The number of ether oxygens (including phenoxy) is 1. The fourth-order valence-corrected chi connectivity index (χ4v) is 1.08. The maximum atomic E-state index is 10.2. The fourth-order valence-electron chi connectivity index (χ4n) is 1.08. The molecular formula is C10H12O4. The number of hydrogen-bond acceptors (Lipinski definition) is 3. The molecule has 1 aliphatic carbocycles. The van der Waals surface area contributed by atoms with Crippen molar-refractivity contribution in [2.45, 2.75) is 5.79 Å². The molecule has 2 N–H and O–H groups in total. The van der Waals surface area contributed by atoms with Crippen LogP contribution in [0.25, 0.3) is 0 Å². The van der Waals surface area contributed by atoms with Crippen molar-refractivity contribution in [3.8, 4) is 0 Å². The number of allylic oxidation sites excluding steroid dienone is 3. The first-order valence-electron chi connectivity index (χ1n) is 4.13. The van der Waals surface area contributed by atoms with Gasteiger partial charge in [-0.2, -0.15) is 0 Å². The highest BCUT2D eigenvalue weighted by Crippen LogP contribution is 2.19. The molecule has 0 heterocycles. The lowest BCUT2D eigenvalue weighted by Gasteiger charge is -2.22. The van der Waals surface area contributed by atoms with Crippen LogP contribution in [0.15, 0.2) is 36.5 Å². The maximum absolute atomic E-state index is 10.2. The summed E-state index contributed by atoms with van der Waals surface area (Å²) in [6.45, 7) is 0. The molecule has 0 radical (unpaired) electrons. The van der Waals surface area contributed by atoms with Crippen molar-refractivity contribution in [2.24, 2.45) is 5.92 Å². The topological polar surface area (TPSA) is 66.8 Å². The molecule has 0 saturated heterocycles. The SMILES string of the molecule is COC1(O)C=CC(/C=C/C(=O)O)C=C1. The lowest BCUT2D eigenvalue weighted by Crippen LogP contribution is -2.27. The monoisotopic (exact) mass is 196 g/mol. The summed E-state index contributed by atoms with van der Waals surface area (Å²) in [5.41, 5.74) is 0. The predicted molar refractivity (Wildman–Crippen MR) is 50.5 cm³/mol. The quantitative estimate of drug-likeness (QED) is 0.396. The minimum absolute atomic E-state index is 0.110. The number of rotatable bonds is 3. The van der Waals surface area contributed by atoms with Gasteiger partial charge in [-0.1, -0.05) is 18.2 Å². The summed E-state index contributed by atoms with van der Waals surface area (Å²) < 4.78 is 4.79. The molecule has 0 amide bonds. The molecule has 1 aliphatic rings. The Morgan fingerprint density at radius 3 is 2.50 bits per heavy atom. The molecule has 1 rings (SSSR count). The van der Waals surface area contributed by atoms with Crippen LogP contribution in [0.5, 0.6) is 0 Å². The van der Waals surface area contributed by atoms with Gasteiger partial charge in [-0.3, -0.25) is 0 Å². The van der Waals surface area contributed by atoms with Crippen LogP contribution in [0.3, 0.4) is 0 Å². The first kappa shape index (κ1) is 10.7.